The van der Waals surface area contributed by atoms with Crippen LogP contribution in [0.1, 0.15) is 77.6 Å². The lowest BCUT2D eigenvalue weighted by Crippen LogP contribution is -2.43. The lowest BCUT2D eigenvalue weighted by Gasteiger charge is -2.31. The first-order valence-corrected chi connectivity index (χ1v) is 11.5. The SMILES string of the molecule is CCN(NC1CCCCCCCCCC1)C1=C/C=C2/C/C2=C/C=C\C=C/C=C\1. The van der Waals surface area contributed by atoms with Crippen molar-refractivity contribution in [3.63, 3.8) is 0 Å². The number of hydrogen-bond donors (Lipinski definition) is 1. The van der Waals surface area contributed by atoms with E-state index < -0.39 is 0 Å². The van der Waals surface area contributed by atoms with Crippen LogP contribution >= 0.6 is 0 Å². The molecule has 3 aliphatic carbocycles. The van der Waals surface area contributed by atoms with E-state index in [-0.39, 0.29) is 0 Å². The fourth-order valence-electron chi connectivity index (χ4n) is 4.12. The van der Waals surface area contributed by atoms with Crippen LogP contribution in [-0.4, -0.2) is 17.6 Å². The highest BCUT2D eigenvalue weighted by Crippen LogP contribution is 2.36. The minimum Gasteiger partial charge on any atom is -0.308 e. The van der Waals surface area contributed by atoms with Gasteiger partial charge in [0.1, 0.15) is 0 Å². The fourth-order valence-corrected chi connectivity index (χ4v) is 4.12. The molecule has 2 saturated carbocycles. The highest BCUT2D eigenvalue weighted by molar-refractivity contribution is 5.54. The van der Waals surface area contributed by atoms with E-state index in [4.69, 9.17) is 0 Å². The predicted octanol–water partition coefficient (Wildman–Crippen LogP) is 6.92. The molecule has 2 nitrogen and oxygen atoms in total. The molecular formula is C26H38N2. The molecule has 3 aliphatic rings. The summed E-state index contributed by atoms with van der Waals surface area (Å²) < 4.78 is 0. The zero-order chi connectivity index (χ0) is 19.4. The monoisotopic (exact) mass is 378 g/mol. The summed E-state index contributed by atoms with van der Waals surface area (Å²) >= 11 is 0. The van der Waals surface area contributed by atoms with Crippen molar-refractivity contribution in [2.24, 2.45) is 0 Å². The average molecular weight is 379 g/mol. The van der Waals surface area contributed by atoms with Crippen molar-refractivity contribution in [3.05, 3.63) is 71.5 Å². The van der Waals surface area contributed by atoms with Gasteiger partial charge >= 0.3 is 0 Å². The Bertz CT molecular complexity index is 648. The maximum Gasteiger partial charge on any atom is 0.0519 e. The maximum atomic E-state index is 3.88. The third-order valence-corrected chi connectivity index (χ3v) is 5.95. The number of hydrogen-bond acceptors (Lipinski definition) is 2. The molecule has 0 radical (unpaired) electrons. The molecule has 0 aromatic rings. The highest BCUT2D eigenvalue weighted by atomic mass is 15.5. The minimum absolute atomic E-state index is 0.594. The van der Waals surface area contributed by atoms with Gasteiger partial charge in [-0.2, -0.15) is 0 Å². The van der Waals surface area contributed by atoms with Crippen LogP contribution in [0.2, 0.25) is 0 Å². The lowest BCUT2D eigenvalue weighted by atomic mass is 10.0. The molecule has 1 N–H and O–H groups in total. The van der Waals surface area contributed by atoms with E-state index in [0.717, 1.165) is 13.0 Å². The zero-order valence-electron chi connectivity index (χ0n) is 17.7. The molecular weight excluding hydrogens is 340 g/mol. The Morgan fingerprint density at radius 2 is 1.36 bits per heavy atom. The summed E-state index contributed by atoms with van der Waals surface area (Å²) in [6, 6.07) is 0.594. The molecule has 0 spiro atoms. The number of fused-ring (bicyclic) bond motifs is 1. The average Bonchev–Trinajstić information content (AvgIpc) is 3.45. The van der Waals surface area contributed by atoms with Crippen molar-refractivity contribution in [1.29, 1.82) is 0 Å². The van der Waals surface area contributed by atoms with E-state index >= 15 is 0 Å². The molecule has 0 atom stereocenters. The van der Waals surface area contributed by atoms with Crippen LogP contribution in [-0.2, 0) is 0 Å². The van der Waals surface area contributed by atoms with Crippen molar-refractivity contribution in [2.45, 2.75) is 83.6 Å². The molecule has 0 unspecified atom stereocenters. The smallest absolute Gasteiger partial charge is 0.0519 e. The van der Waals surface area contributed by atoms with Gasteiger partial charge in [0.25, 0.3) is 0 Å². The molecule has 3 rings (SSSR count). The van der Waals surface area contributed by atoms with Crippen LogP contribution in [0.25, 0.3) is 0 Å². The summed E-state index contributed by atoms with van der Waals surface area (Å²) in [6.07, 6.45) is 34.6. The van der Waals surface area contributed by atoms with Crippen LogP contribution in [0.3, 0.4) is 0 Å². The van der Waals surface area contributed by atoms with Crippen molar-refractivity contribution in [1.82, 2.24) is 10.4 Å². The maximum absolute atomic E-state index is 3.88. The van der Waals surface area contributed by atoms with Crippen molar-refractivity contribution in [3.8, 4) is 0 Å². The van der Waals surface area contributed by atoms with Crippen molar-refractivity contribution in [2.75, 3.05) is 6.54 Å². The van der Waals surface area contributed by atoms with Gasteiger partial charge in [0.2, 0.25) is 0 Å². The number of allylic oxidation sites excluding steroid dienone is 11. The number of nitrogens with one attached hydrogen (secondary N) is 1. The van der Waals surface area contributed by atoms with Crippen LogP contribution in [0.15, 0.2) is 71.5 Å². The van der Waals surface area contributed by atoms with E-state index in [1.165, 1.54) is 81.1 Å². The van der Waals surface area contributed by atoms with Gasteiger partial charge in [0.15, 0.2) is 0 Å². The Labute approximate surface area is 172 Å². The van der Waals surface area contributed by atoms with Gasteiger partial charge in [0.05, 0.1) is 5.70 Å². The van der Waals surface area contributed by atoms with Crippen LogP contribution < -0.4 is 5.43 Å². The first-order chi connectivity index (χ1) is 13.9. The summed E-state index contributed by atoms with van der Waals surface area (Å²) in [5, 5.41) is 2.36. The van der Waals surface area contributed by atoms with Crippen molar-refractivity contribution >= 4 is 0 Å². The third-order valence-electron chi connectivity index (χ3n) is 5.95. The molecule has 0 heterocycles. The fraction of sp³-hybridized carbons (Fsp3) is 0.538. The largest absolute Gasteiger partial charge is 0.308 e. The Morgan fingerprint density at radius 1 is 0.750 bits per heavy atom. The minimum atomic E-state index is 0.594. The summed E-state index contributed by atoms with van der Waals surface area (Å²) in [5.74, 6) is 0. The van der Waals surface area contributed by atoms with E-state index in [0.29, 0.717) is 6.04 Å². The standard InChI is InChI=1S/C26H38N2/c1-2-28(27-25-17-13-9-5-3-4-6-10-14-18-25)26-19-15-11-7-8-12-16-23-22-24(23)20-21-26/h7-8,11-12,15-16,19-21,25,27H,2-6,9-10,13-14,17-18,22H2,1H3/b8-7?,11-7-,12-8-,15-11?,16-12?,19-15-,21-20?,23-16-,24-20-,26-19?,26-21+. The van der Waals surface area contributed by atoms with Gasteiger partial charge in [-0.25, -0.2) is 5.43 Å². The van der Waals surface area contributed by atoms with E-state index in [2.05, 4.69) is 72.0 Å². The molecule has 152 valence electrons. The van der Waals surface area contributed by atoms with Crippen LogP contribution in [0.5, 0.6) is 0 Å². The second-order valence-electron chi connectivity index (χ2n) is 8.26. The second-order valence-corrected chi connectivity index (χ2v) is 8.26. The molecule has 0 amide bonds. The van der Waals surface area contributed by atoms with E-state index in [9.17, 15) is 0 Å². The van der Waals surface area contributed by atoms with Gasteiger partial charge in [-0.1, -0.05) is 93.9 Å². The van der Waals surface area contributed by atoms with Gasteiger partial charge in [-0.15, -0.1) is 0 Å². The Hall–Kier alpha value is -1.80. The van der Waals surface area contributed by atoms with E-state index in [1.54, 1.807) is 0 Å². The topological polar surface area (TPSA) is 15.3 Å². The summed E-state index contributed by atoms with van der Waals surface area (Å²) in [5.41, 5.74) is 8.06. The highest BCUT2D eigenvalue weighted by Gasteiger charge is 2.19. The molecule has 2 heteroatoms. The van der Waals surface area contributed by atoms with Gasteiger partial charge in [0, 0.05) is 12.6 Å². The first kappa shape index (κ1) is 20.9. The normalized spacial score (nSPS) is 31.0. The predicted molar refractivity (Wildman–Crippen MR) is 122 cm³/mol. The molecule has 0 saturated heterocycles. The lowest BCUT2D eigenvalue weighted by molar-refractivity contribution is 0.205. The quantitative estimate of drug-likeness (QED) is 0.534. The Kier molecular flexibility index (Phi) is 8.90. The van der Waals surface area contributed by atoms with Crippen LogP contribution in [0, 0.1) is 0 Å². The summed E-state index contributed by atoms with van der Waals surface area (Å²) in [4.78, 5) is 0. The first-order valence-electron chi connectivity index (χ1n) is 11.5. The number of hydrazine groups is 1. The van der Waals surface area contributed by atoms with Gasteiger partial charge < -0.3 is 5.01 Å². The van der Waals surface area contributed by atoms with Crippen LogP contribution in [0.4, 0.5) is 0 Å². The molecule has 28 heavy (non-hydrogen) atoms. The number of likely N-dealkylation sites (N-methyl/N-ethyl adjacent to an activating group) is 1. The number of nitrogens with zero attached hydrogens (tertiary/aromatic N) is 1. The summed E-state index contributed by atoms with van der Waals surface area (Å²) in [6.45, 7) is 3.22. The zero-order valence-corrected chi connectivity index (χ0v) is 17.7. The Morgan fingerprint density at radius 3 is 2.07 bits per heavy atom. The Balaban J connectivity index is 1.68. The molecule has 0 bridgehead atoms. The molecule has 0 aromatic carbocycles. The number of rotatable bonds is 4. The third kappa shape index (κ3) is 7.31. The van der Waals surface area contributed by atoms with E-state index in [1.807, 2.05) is 0 Å². The molecule has 0 aliphatic heterocycles. The summed E-state index contributed by atoms with van der Waals surface area (Å²) in [7, 11) is 0. The molecule has 0 aromatic heterocycles. The van der Waals surface area contributed by atoms with Crippen molar-refractivity contribution < 1.29 is 0 Å². The second kappa shape index (κ2) is 11.9. The van der Waals surface area contributed by atoms with Gasteiger partial charge in [-0.05, 0) is 49.5 Å². The molecule has 2 fully saturated rings. The van der Waals surface area contributed by atoms with Gasteiger partial charge in [-0.3, -0.25) is 0 Å².